The zero-order chi connectivity index (χ0) is 18.9. The van der Waals surface area contributed by atoms with Crippen LogP contribution in [0.2, 0.25) is 0 Å². The molecule has 3 rings (SSSR count). The molecule has 0 radical (unpaired) electrons. The number of hydrogen-bond donors (Lipinski definition) is 1. The molecule has 1 saturated heterocycles. The van der Waals surface area contributed by atoms with Crippen LogP contribution in [-0.4, -0.2) is 43.0 Å². The van der Waals surface area contributed by atoms with E-state index in [-0.39, 0.29) is 18.1 Å². The van der Waals surface area contributed by atoms with E-state index in [1.54, 1.807) is 11.8 Å². The van der Waals surface area contributed by atoms with Gasteiger partial charge in [-0.25, -0.2) is 0 Å². The number of fused-ring (bicyclic) bond motifs is 1. The van der Waals surface area contributed by atoms with Crippen LogP contribution < -0.4 is 14.8 Å². The Morgan fingerprint density at radius 1 is 1.07 bits per heavy atom. The van der Waals surface area contributed by atoms with Crippen molar-refractivity contribution in [1.82, 2.24) is 10.2 Å². The van der Waals surface area contributed by atoms with Crippen molar-refractivity contribution in [1.29, 1.82) is 0 Å². The Balaban J connectivity index is 1.36. The van der Waals surface area contributed by atoms with Crippen molar-refractivity contribution in [3.8, 4) is 11.5 Å². The first-order valence-corrected chi connectivity index (χ1v) is 11.4. The molecule has 0 spiro atoms. The summed E-state index contributed by atoms with van der Waals surface area (Å²) >= 11 is 1.70. The van der Waals surface area contributed by atoms with Crippen molar-refractivity contribution in [3.63, 3.8) is 0 Å². The molecule has 1 unspecified atom stereocenters. The molecule has 1 atom stereocenters. The average Bonchev–Trinajstić information content (AvgIpc) is 3.29. The van der Waals surface area contributed by atoms with Gasteiger partial charge in [0.05, 0.1) is 5.75 Å². The molecule has 2 aliphatic rings. The molecule has 1 fully saturated rings. The number of amides is 1. The third kappa shape index (κ3) is 5.79. The Kier molecular flexibility index (Phi) is 8.14. The Bertz CT molecular complexity index is 611. The molecule has 1 aromatic carbocycles. The predicted octanol–water partition coefficient (Wildman–Crippen LogP) is 4.33. The van der Waals surface area contributed by atoms with Gasteiger partial charge in [-0.1, -0.05) is 45.1 Å². The second-order valence-corrected chi connectivity index (χ2v) is 8.30. The van der Waals surface area contributed by atoms with E-state index in [1.807, 2.05) is 23.1 Å². The van der Waals surface area contributed by atoms with Crippen molar-refractivity contribution >= 4 is 17.7 Å². The fourth-order valence-corrected chi connectivity index (χ4v) is 4.78. The molecule has 1 N–H and O–H groups in total. The van der Waals surface area contributed by atoms with E-state index < -0.39 is 0 Å². The second-order valence-electron chi connectivity index (χ2n) is 7.23. The topological polar surface area (TPSA) is 50.8 Å². The summed E-state index contributed by atoms with van der Waals surface area (Å²) in [5.41, 5.74) is 1.12. The van der Waals surface area contributed by atoms with Crippen molar-refractivity contribution in [3.05, 3.63) is 23.8 Å². The Labute approximate surface area is 167 Å². The van der Waals surface area contributed by atoms with E-state index >= 15 is 0 Å². The zero-order valence-electron chi connectivity index (χ0n) is 16.4. The molecule has 0 aromatic heterocycles. The predicted molar refractivity (Wildman–Crippen MR) is 110 cm³/mol. The Hall–Kier alpha value is -1.40. The highest BCUT2D eigenvalue weighted by Gasteiger charge is 2.33. The van der Waals surface area contributed by atoms with Gasteiger partial charge >= 0.3 is 0 Å². The number of benzene rings is 1. The molecule has 1 amide bonds. The summed E-state index contributed by atoms with van der Waals surface area (Å²) in [6.07, 6.45) is 8.95. The van der Waals surface area contributed by atoms with Crippen LogP contribution in [0.5, 0.6) is 11.5 Å². The van der Waals surface area contributed by atoms with Crippen LogP contribution in [0.25, 0.3) is 0 Å². The van der Waals surface area contributed by atoms with Crippen LogP contribution in [0.4, 0.5) is 0 Å². The number of carbonyl (C=O) groups excluding carboxylic acids is 1. The maximum Gasteiger partial charge on any atom is 0.233 e. The van der Waals surface area contributed by atoms with Gasteiger partial charge in [-0.2, -0.15) is 0 Å². The van der Waals surface area contributed by atoms with E-state index in [0.29, 0.717) is 5.75 Å². The van der Waals surface area contributed by atoms with Gasteiger partial charge in [0.1, 0.15) is 5.37 Å². The summed E-state index contributed by atoms with van der Waals surface area (Å²) in [5, 5.41) is 3.61. The first kappa shape index (κ1) is 20.3. The summed E-state index contributed by atoms with van der Waals surface area (Å²) in [4.78, 5) is 14.3. The lowest BCUT2D eigenvalue weighted by Gasteiger charge is -2.24. The monoisotopic (exact) mass is 392 g/mol. The molecule has 27 heavy (non-hydrogen) atoms. The SMILES string of the molecule is CCCCCCCCNCCCN1C(=O)CSC1c1ccc2c(c1)OCO2. The van der Waals surface area contributed by atoms with E-state index in [1.165, 1.54) is 38.5 Å². The molecule has 1 aromatic rings. The van der Waals surface area contributed by atoms with E-state index in [0.717, 1.165) is 43.1 Å². The van der Waals surface area contributed by atoms with Gasteiger partial charge in [-0.15, -0.1) is 11.8 Å². The molecule has 0 aliphatic carbocycles. The Morgan fingerprint density at radius 2 is 1.85 bits per heavy atom. The molecule has 0 saturated carbocycles. The lowest BCUT2D eigenvalue weighted by molar-refractivity contribution is -0.128. The molecule has 0 bridgehead atoms. The standard InChI is InChI=1S/C21H32N2O3S/c1-2-3-4-5-6-7-11-22-12-8-13-23-20(24)15-27-21(23)17-9-10-18-19(14-17)26-16-25-18/h9-10,14,21-22H,2-8,11-13,15-16H2,1H3. The number of rotatable bonds is 12. The first-order chi connectivity index (χ1) is 13.3. The summed E-state index contributed by atoms with van der Waals surface area (Å²) in [6, 6.07) is 6.01. The number of hydrogen-bond acceptors (Lipinski definition) is 5. The average molecular weight is 393 g/mol. The van der Waals surface area contributed by atoms with Gasteiger partial charge < -0.3 is 19.7 Å². The van der Waals surface area contributed by atoms with Crippen LogP contribution in [-0.2, 0) is 4.79 Å². The van der Waals surface area contributed by atoms with Crippen molar-refractivity contribution in [2.75, 3.05) is 32.2 Å². The van der Waals surface area contributed by atoms with Gasteiger partial charge in [0.15, 0.2) is 11.5 Å². The van der Waals surface area contributed by atoms with Crippen LogP contribution in [0.1, 0.15) is 62.8 Å². The second kappa shape index (κ2) is 10.8. The van der Waals surface area contributed by atoms with Gasteiger partial charge in [-0.3, -0.25) is 4.79 Å². The van der Waals surface area contributed by atoms with Gasteiger partial charge in [0.2, 0.25) is 12.7 Å². The van der Waals surface area contributed by atoms with Crippen LogP contribution in [0.15, 0.2) is 18.2 Å². The quantitative estimate of drug-likeness (QED) is 0.537. The van der Waals surface area contributed by atoms with Crippen LogP contribution in [0, 0.1) is 0 Å². The fraction of sp³-hybridized carbons (Fsp3) is 0.667. The van der Waals surface area contributed by atoms with Gasteiger partial charge in [0.25, 0.3) is 0 Å². The summed E-state index contributed by atoms with van der Waals surface area (Å²) in [7, 11) is 0. The maximum absolute atomic E-state index is 12.3. The summed E-state index contributed by atoms with van der Waals surface area (Å²) < 4.78 is 10.9. The van der Waals surface area contributed by atoms with Gasteiger partial charge in [0, 0.05) is 6.54 Å². The number of nitrogens with zero attached hydrogens (tertiary/aromatic N) is 1. The lowest BCUT2D eigenvalue weighted by atomic mass is 10.1. The minimum Gasteiger partial charge on any atom is -0.454 e. The molecular formula is C21H32N2O3S. The van der Waals surface area contributed by atoms with Crippen LogP contribution in [0.3, 0.4) is 0 Å². The number of unbranched alkanes of at least 4 members (excludes halogenated alkanes) is 5. The summed E-state index contributed by atoms with van der Waals surface area (Å²) in [5.74, 6) is 2.37. The number of carbonyl (C=O) groups is 1. The van der Waals surface area contributed by atoms with Crippen LogP contribution >= 0.6 is 11.8 Å². The zero-order valence-corrected chi connectivity index (χ0v) is 17.2. The maximum atomic E-state index is 12.3. The summed E-state index contributed by atoms with van der Waals surface area (Å²) in [6.45, 7) is 5.39. The number of thioether (sulfide) groups is 1. The molecule has 150 valence electrons. The minimum absolute atomic E-state index is 0.0885. The van der Waals surface area contributed by atoms with Crippen molar-refractivity contribution < 1.29 is 14.3 Å². The number of nitrogens with one attached hydrogen (secondary N) is 1. The Morgan fingerprint density at radius 3 is 2.74 bits per heavy atom. The number of ether oxygens (including phenoxy) is 2. The van der Waals surface area contributed by atoms with Crippen molar-refractivity contribution in [2.45, 2.75) is 57.2 Å². The van der Waals surface area contributed by atoms with E-state index in [2.05, 4.69) is 12.2 Å². The normalized spacial score (nSPS) is 18.5. The molecule has 2 heterocycles. The highest BCUT2D eigenvalue weighted by atomic mass is 32.2. The molecule has 2 aliphatic heterocycles. The minimum atomic E-state index is 0.0885. The highest BCUT2D eigenvalue weighted by Crippen LogP contribution is 2.42. The van der Waals surface area contributed by atoms with Gasteiger partial charge in [-0.05, 0) is 43.6 Å². The lowest BCUT2D eigenvalue weighted by Crippen LogP contribution is -2.31. The molecule has 5 nitrogen and oxygen atoms in total. The first-order valence-electron chi connectivity index (χ1n) is 10.3. The highest BCUT2D eigenvalue weighted by molar-refractivity contribution is 8.00. The van der Waals surface area contributed by atoms with Crippen molar-refractivity contribution in [2.24, 2.45) is 0 Å². The third-order valence-corrected chi connectivity index (χ3v) is 6.37. The smallest absolute Gasteiger partial charge is 0.233 e. The molecule has 6 heteroatoms. The van der Waals surface area contributed by atoms with E-state index in [9.17, 15) is 4.79 Å². The largest absolute Gasteiger partial charge is 0.454 e. The third-order valence-electron chi connectivity index (χ3n) is 5.11. The van der Waals surface area contributed by atoms with E-state index in [4.69, 9.17) is 9.47 Å². The fourth-order valence-electron chi connectivity index (χ4n) is 3.57. The molecular weight excluding hydrogens is 360 g/mol.